The van der Waals surface area contributed by atoms with Gasteiger partial charge in [0.2, 0.25) is 11.0 Å². The van der Waals surface area contributed by atoms with E-state index in [-0.39, 0.29) is 28.6 Å². The molecule has 10 nitrogen and oxygen atoms in total. The van der Waals surface area contributed by atoms with Crippen LogP contribution in [-0.2, 0) is 4.79 Å². The van der Waals surface area contributed by atoms with E-state index in [4.69, 9.17) is 4.74 Å². The Labute approximate surface area is 207 Å². The summed E-state index contributed by atoms with van der Waals surface area (Å²) in [5.74, 6) is 1.11. The van der Waals surface area contributed by atoms with Gasteiger partial charge in [-0.25, -0.2) is 0 Å². The third-order valence-electron chi connectivity index (χ3n) is 4.43. The van der Waals surface area contributed by atoms with Crippen LogP contribution < -0.4 is 15.4 Å². The number of nitrogens with zero attached hydrogens (tertiary/aromatic N) is 4. The molecule has 0 aliphatic rings. The fraction of sp³-hybridized carbons (Fsp3) is 0.0435. The van der Waals surface area contributed by atoms with Gasteiger partial charge in [0.1, 0.15) is 17.6 Å². The van der Waals surface area contributed by atoms with Crippen LogP contribution in [0.2, 0.25) is 0 Å². The van der Waals surface area contributed by atoms with Crippen LogP contribution in [0.1, 0.15) is 5.56 Å². The smallest absolute Gasteiger partial charge is 0.270 e. The molecule has 0 unspecified atom stereocenters. The minimum Gasteiger partial charge on any atom is -0.457 e. The summed E-state index contributed by atoms with van der Waals surface area (Å²) in [5.41, 5.74) is 0.808. The molecule has 0 aliphatic heterocycles. The second-order valence-electron chi connectivity index (χ2n) is 6.87. The molecule has 1 amide bonds. The van der Waals surface area contributed by atoms with Crippen molar-refractivity contribution in [1.29, 1.82) is 5.26 Å². The summed E-state index contributed by atoms with van der Waals surface area (Å²) in [5, 5.41) is 34.5. The highest BCUT2D eigenvalue weighted by molar-refractivity contribution is 8.01. The number of aromatic nitrogens is 2. The van der Waals surface area contributed by atoms with Gasteiger partial charge in [-0.2, -0.15) is 5.26 Å². The quantitative estimate of drug-likeness (QED) is 0.169. The SMILES string of the molecule is N#Cc1cc([N+](=O)[O-])ccc1NC(=O)CSc1nnc(Nc2ccc(Oc3ccccc3)cc2)s1. The lowest BCUT2D eigenvalue weighted by Gasteiger charge is -2.07. The minimum absolute atomic E-state index is 0.0140. The van der Waals surface area contributed by atoms with Crippen molar-refractivity contribution in [2.45, 2.75) is 4.34 Å². The number of nitro benzene ring substituents is 1. The van der Waals surface area contributed by atoms with Crippen LogP contribution in [-0.4, -0.2) is 26.8 Å². The lowest BCUT2D eigenvalue weighted by atomic mass is 10.1. The van der Waals surface area contributed by atoms with Crippen LogP contribution >= 0.6 is 23.1 Å². The zero-order chi connectivity index (χ0) is 24.6. The van der Waals surface area contributed by atoms with Gasteiger partial charge >= 0.3 is 0 Å². The number of anilines is 3. The van der Waals surface area contributed by atoms with Crippen molar-refractivity contribution >= 4 is 51.2 Å². The largest absolute Gasteiger partial charge is 0.457 e. The van der Waals surface area contributed by atoms with E-state index in [9.17, 15) is 20.2 Å². The highest BCUT2D eigenvalue weighted by Crippen LogP contribution is 2.29. The second kappa shape index (κ2) is 11.1. The average Bonchev–Trinajstić information content (AvgIpc) is 3.32. The molecule has 0 saturated heterocycles. The number of thioether (sulfide) groups is 1. The molecule has 0 bridgehead atoms. The number of nitriles is 1. The van der Waals surface area contributed by atoms with E-state index in [0.29, 0.717) is 15.2 Å². The molecule has 0 radical (unpaired) electrons. The third-order valence-corrected chi connectivity index (χ3v) is 6.40. The van der Waals surface area contributed by atoms with Crippen molar-refractivity contribution < 1.29 is 14.5 Å². The van der Waals surface area contributed by atoms with Crippen molar-refractivity contribution in [1.82, 2.24) is 10.2 Å². The first kappa shape index (κ1) is 23.7. The number of ether oxygens (including phenoxy) is 1. The fourth-order valence-electron chi connectivity index (χ4n) is 2.83. The number of benzene rings is 3. The molecular weight excluding hydrogens is 488 g/mol. The van der Waals surface area contributed by atoms with Gasteiger partial charge in [-0.3, -0.25) is 14.9 Å². The second-order valence-corrected chi connectivity index (χ2v) is 9.07. The van der Waals surface area contributed by atoms with Gasteiger partial charge in [0.25, 0.3) is 5.69 Å². The molecule has 4 aromatic rings. The molecule has 4 rings (SSSR count). The highest BCUT2D eigenvalue weighted by Gasteiger charge is 2.14. The number of hydrogen-bond donors (Lipinski definition) is 2. The molecule has 0 saturated carbocycles. The summed E-state index contributed by atoms with van der Waals surface area (Å²) in [6, 6.07) is 22.4. The van der Waals surface area contributed by atoms with Gasteiger partial charge in [-0.05, 0) is 42.5 Å². The number of nitrogens with one attached hydrogen (secondary N) is 2. The number of nitro groups is 1. The van der Waals surface area contributed by atoms with Crippen LogP contribution in [0.25, 0.3) is 0 Å². The lowest BCUT2D eigenvalue weighted by Crippen LogP contribution is -2.15. The van der Waals surface area contributed by atoms with Crippen LogP contribution in [0.5, 0.6) is 11.5 Å². The van der Waals surface area contributed by atoms with Crippen LogP contribution in [0.4, 0.5) is 22.2 Å². The van der Waals surface area contributed by atoms with Crippen LogP contribution in [0.15, 0.2) is 77.1 Å². The normalized spacial score (nSPS) is 10.3. The van der Waals surface area contributed by atoms with Gasteiger partial charge in [0.05, 0.1) is 21.9 Å². The Kier molecular flexibility index (Phi) is 7.51. The van der Waals surface area contributed by atoms with E-state index < -0.39 is 4.92 Å². The minimum atomic E-state index is -0.601. The van der Waals surface area contributed by atoms with Gasteiger partial charge in [-0.1, -0.05) is 41.3 Å². The Morgan fingerprint density at radius 1 is 1.09 bits per heavy atom. The first-order valence-electron chi connectivity index (χ1n) is 10.0. The topological polar surface area (TPSA) is 143 Å². The van der Waals surface area contributed by atoms with Crippen molar-refractivity contribution in [3.05, 3.63) is 88.5 Å². The lowest BCUT2D eigenvalue weighted by molar-refractivity contribution is -0.384. The molecule has 1 heterocycles. The van der Waals surface area contributed by atoms with E-state index in [1.54, 1.807) is 0 Å². The average molecular weight is 505 g/mol. The monoisotopic (exact) mass is 504 g/mol. The molecule has 0 aliphatic carbocycles. The van der Waals surface area contributed by atoms with Gasteiger partial charge in [0, 0.05) is 17.8 Å². The Balaban J connectivity index is 1.29. The molecule has 0 fully saturated rings. The first-order chi connectivity index (χ1) is 17.0. The summed E-state index contributed by atoms with van der Waals surface area (Å²) < 4.78 is 6.35. The third kappa shape index (κ3) is 6.53. The number of para-hydroxylation sites is 1. The van der Waals surface area contributed by atoms with Crippen LogP contribution in [0, 0.1) is 21.4 Å². The summed E-state index contributed by atoms with van der Waals surface area (Å²) in [4.78, 5) is 22.5. The molecule has 0 atom stereocenters. The highest BCUT2D eigenvalue weighted by atomic mass is 32.2. The Morgan fingerprint density at radius 2 is 1.83 bits per heavy atom. The van der Waals surface area contributed by atoms with Crippen molar-refractivity contribution in [2.24, 2.45) is 0 Å². The van der Waals surface area contributed by atoms with E-state index in [1.165, 1.54) is 35.2 Å². The molecule has 174 valence electrons. The molecule has 3 aromatic carbocycles. The van der Waals surface area contributed by atoms with Crippen molar-refractivity contribution in [3.63, 3.8) is 0 Å². The maximum Gasteiger partial charge on any atom is 0.270 e. The number of rotatable bonds is 9. The number of hydrogen-bond acceptors (Lipinski definition) is 10. The summed E-state index contributed by atoms with van der Waals surface area (Å²) in [6.07, 6.45) is 0. The first-order valence-corrected chi connectivity index (χ1v) is 11.8. The molecule has 12 heteroatoms. The van der Waals surface area contributed by atoms with Crippen molar-refractivity contribution in [2.75, 3.05) is 16.4 Å². The summed E-state index contributed by atoms with van der Waals surface area (Å²) in [7, 11) is 0. The van der Waals surface area contributed by atoms with Crippen LogP contribution in [0.3, 0.4) is 0 Å². The van der Waals surface area contributed by atoms with Crippen molar-refractivity contribution in [3.8, 4) is 17.6 Å². The Hall–Kier alpha value is -4.47. The standard InChI is InChI=1S/C23H16N6O4S2/c24-13-15-12-17(29(31)32)8-11-20(15)26-21(30)14-34-23-28-27-22(35-23)25-16-6-9-19(10-7-16)33-18-4-2-1-3-5-18/h1-12H,14H2,(H,25,27)(H,26,30). The zero-order valence-corrected chi connectivity index (χ0v) is 19.5. The number of non-ortho nitro benzene ring substituents is 1. The number of amides is 1. The van der Waals surface area contributed by atoms with Gasteiger partial charge in [-0.15, -0.1) is 10.2 Å². The Bertz CT molecular complexity index is 1390. The molecular formula is C23H16N6O4S2. The fourth-order valence-corrected chi connectivity index (χ4v) is 4.41. The molecule has 35 heavy (non-hydrogen) atoms. The number of carbonyl (C=O) groups is 1. The maximum atomic E-state index is 12.3. The predicted octanol–water partition coefficient (Wildman–Crippen LogP) is 5.58. The zero-order valence-electron chi connectivity index (χ0n) is 17.9. The summed E-state index contributed by atoms with van der Waals surface area (Å²) in [6.45, 7) is 0. The maximum absolute atomic E-state index is 12.3. The van der Waals surface area contributed by atoms with E-state index >= 15 is 0 Å². The summed E-state index contributed by atoms with van der Waals surface area (Å²) >= 11 is 2.47. The van der Waals surface area contributed by atoms with E-state index in [1.807, 2.05) is 60.7 Å². The van der Waals surface area contributed by atoms with E-state index in [2.05, 4.69) is 20.8 Å². The predicted molar refractivity (Wildman–Crippen MR) is 133 cm³/mol. The Morgan fingerprint density at radius 3 is 2.54 bits per heavy atom. The molecule has 1 aromatic heterocycles. The molecule has 2 N–H and O–H groups in total. The number of carbonyl (C=O) groups excluding carboxylic acids is 1. The van der Waals surface area contributed by atoms with Gasteiger partial charge in [0.15, 0.2) is 4.34 Å². The molecule has 0 spiro atoms. The van der Waals surface area contributed by atoms with E-state index in [0.717, 1.165) is 17.5 Å². The van der Waals surface area contributed by atoms with Gasteiger partial charge < -0.3 is 15.4 Å².